The van der Waals surface area contributed by atoms with Crippen LogP contribution in [0.1, 0.15) is 38.3 Å². The van der Waals surface area contributed by atoms with Gasteiger partial charge in [-0.1, -0.05) is 0 Å². The van der Waals surface area contributed by atoms with Crippen molar-refractivity contribution in [2.45, 2.75) is 45.6 Å². The SMILES string of the molecule is CCOC(=O)C(C)(C)Oc1ccc(-c2nc3cc4c(cc3s2)CCC4)cc1Br. The molecule has 6 heteroatoms. The Hall–Kier alpha value is -1.92. The maximum Gasteiger partial charge on any atom is 0.349 e. The van der Waals surface area contributed by atoms with Gasteiger partial charge in [-0.15, -0.1) is 11.3 Å². The van der Waals surface area contributed by atoms with E-state index < -0.39 is 5.60 Å². The summed E-state index contributed by atoms with van der Waals surface area (Å²) in [7, 11) is 0. The largest absolute Gasteiger partial charge is 0.475 e. The Bertz CT molecular complexity index is 1020. The van der Waals surface area contributed by atoms with Crippen LogP contribution in [0.25, 0.3) is 20.8 Å². The van der Waals surface area contributed by atoms with Crippen molar-refractivity contribution in [3.63, 3.8) is 0 Å². The molecule has 3 aromatic rings. The lowest BCUT2D eigenvalue weighted by Crippen LogP contribution is -2.39. The Morgan fingerprint density at radius 1 is 1.21 bits per heavy atom. The molecule has 1 aliphatic rings. The topological polar surface area (TPSA) is 48.4 Å². The number of carbonyl (C=O) groups is 1. The van der Waals surface area contributed by atoms with Gasteiger partial charge in [-0.05, 0) is 97.4 Å². The number of fused-ring (bicyclic) bond motifs is 2. The number of aryl methyl sites for hydroxylation is 2. The molecule has 1 heterocycles. The number of thiazole rings is 1. The molecule has 146 valence electrons. The van der Waals surface area contributed by atoms with Gasteiger partial charge in [0, 0.05) is 5.56 Å². The minimum Gasteiger partial charge on any atom is -0.475 e. The molecule has 0 aliphatic heterocycles. The molecule has 4 nitrogen and oxygen atoms in total. The number of nitrogens with zero attached hydrogens (tertiary/aromatic N) is 1. The summed E-state index contributed by atoms with van der Waals surface area (Å²) in [6.45, 7) is 5.52. The van der Waals surface area contributed by atoms with Gasteiger partial charge in [0.25, 0.3) is 0 Å². The maximum absolute atomic E-state index is 12.1. The Morgan fingerprint density at radius 3 is 2.68 bits per heavy atom. The molecule has 0 radical (unpaired) electrons. The first-order valence-electron chi connectivity index (χ1n) is 9.46. The third-order valence-corrected chi connectivity index (χ3v) is 6.60. The van der Waals surface area contributed by atoms with Crippen LogP contribution >= 0.6 is 27.3 Å². The van der Waals surface area contributed by atoms with E-state index in [1.165, 1.54) is 28.7 Å². The fraction of sp³-hybridized carbons (Fsp3) is 0.364. The summed E-state index contributed by atoms with van der Waals surface area (Å²) >= 11 is 5.28. The van der Waals surface area contributed by atoms with Crippen molar-refractivity contribution in [1.29, 1.82) is 0 Å². The standard InChI is InChI=1S/C22H22BrNO3S/c1-4-26-21(25)22(2,3)27-18-9-8-15(10-16(18)23)20-24-17-11-13-6-5-7-14(13)12-19(17)28-20/h8-12H,4-7H2,1-3H3. The second kappa shape index (κ2) is 7.48. The van der Waals surface area contributed by atoms with Crippen LogP contribution < -0.4 is 4.74 Å². The molecule has 0 bridgehead atoms. The van der Waals surface area contributed by atoms with Gasteiger partial charge in [0.2, 0.25) is 0 Å². The summed E-state index contributed by atoms with van der Waals surface area (Å²) in [6.07, 6.45) is 3.58. The van der Waals surface area contributed by atoms with Crippen molar-refractivity contribution in [3.8, 4) is 16.3 Å². The van der Waals surface area contributed by atoms with Crippen LogP contribution in [-0.4, -0.2) is 23.2 Å². The van der Waals surface area contributed by atoms with E-state index in [4.69, 9.17) is 14.5 Å². The van der Waals surface area contributed by atoms with Crippen LogP contribution in [0.3, 0.4) is 0 Å². The molecule has 0 atom stereocenters. The van der Waals surface area contributed by atoms with E-state index in [1.807, 2.05) is 18.2 Å². The molecule has 0 unspecified atom stereocenters. The Labute approximate surface area is 177 Å². The molecule has 4 rings (SSSR count). The van der Waals surface area contributed by atoms with Gasteiger partial charge in [0.05, 0.1) is 21.3 Å². The fourth-order valence-electron chi connectivity index (χ4n) is 3.46. The van der Waals surface area contributed by atoms with Crippen molar-refractivity contribution in [2.75, 3.05) is 6.61 Å². The van der Waals surface area contributed by atoms with E-state index in [0.29, 0.717) is 12.4 Å². The van der Waals surface area contributed by atoms with Crippen molar-refractivity contribution < 1.29 is 14.3 Å². The molecule has 0 saturated heterocycles. The number of benzene rings is 2. The highest BCUT2D eigenvalue weighted by Crippen LogP contribution is 2.37. The Balaban J connectivity index is 1.61. The van der Waals surface area contributed by atoms with Crippen LogP contribution in [0.5, 0.6) is 5.75 Å². The highest BCUT2D eigenvalue weighted by Gasteiger charge is 2.32. The van der Waals surface area contributed by atoms with Crippen LogP contribution in [-0.2, 0) is 22.4 Å². The van der Waals surface area contributed by atoms with Gasteiger partial charge in [-0.2, -0.15) is 0 Å². The summed E-state index contributed by atoms with van der Waals surface area (Å²) in [5, 5.41) is 0.982. The monoisotopic (exact) mass is 459 g/mol. The zero-order valence-electron chi connectivity index (χ0n) is 16.2. The number of halogens is 1. The van der Waals surface area contributed by atoms with Crippen molar-refractivity contribution in [1.82, 2.24) is 4.98 Å². The number of hydrogen-bond donors (Lipinski definition) is 0. The summed E-state index contributed by atoms with van der Waals surface area (Å²) in [5.41, 5.74) is 3.94. The molecular formula is C22H22BrNO3S. The predicted molar refractivity (Wildman–Crippen MR) is 116 cm³/mol. The zero-order valence-corrected chi connectivity index (χ0v) is 18.6. The normalized spacial score (nSPS) is 13.6. The summed E-state index contributed by atoms with van der Waals surface area (Å²) in [6, 6.07) is 10.4. The van der Waals surface area contributed by atoms with E-state index >= 15 is 0 Å². The lowest BCUT2D eigenvalue weighted by molar-refractivity contribution is -0.158. The molecule has 1 aromatic heterocycles. The summed E-state index contributed by atoms with van der Waals surface area (Å²) < 4.78 is 13.0. The smallest absolute Gasteiger partial charge is 0.349 e. The lowest BCUT2D eigenvalue weighted by Gasteiger charge is -2.24. The van der Waals surface area contributed by atoms with Crippen molar-refractivity contribution >= 4 is 43.5 Å². The van der Waals surface area contributed by atoms with E-state index in [0.717, 1.165) is 27.0 Å². The molecular weight excluding hydrogens is 438 g/mol. The molecule has 1 aliphatic carbocycles. The number of esters is 1. The number of ether oxygens (including phenoxy) is 2. The summed E-state index contributed by atoms with van der Waals surface area (Å²) in [4.78, 5) is 16.9. The zero-order chi connectivity index (χ0) is 19.9. The van der Waals surface area contributed by atoms with Crippen LogP contribution in [0.15, 0.2) is 34.8 Å². The van der Waals surface area contributed by atoms with Crippen molar-refractivity contribution in [2.24, 2.45) is 0 Å². The van der Waals surface area contributed by atoms with Gasteiger partial charge < -0.3 is 9.47 Å². The Kier molecular flexibility index (Phi) is 5.19. The van der Waals surface area contributed by atoms with Gasteiger partial charge in [-0.25, -0.2) is 9.78 Å². The summed E-state index contributed by atoms with van der Waals surface area (Å²) in [5.74, 6) is 0.215. The molecule has 2 aromatic carbocycles. The van der Waals surface area contributed by atoms with Crippen LogP contribution in [0.4, 0.5) is 0 Å². The van der Waals surface area contributed by atoms with Crippen LogP contribution in [0.2, 0.25) is 0 Å². The first kappa shape index (κ1) is 19.4. The molecule has 28 heavy (non-hydrogen) atoms. The molecule has 0 saturated carbocycles. The van der Waals surface area contributed by atoms with Crippen LogP contribution in [0, 0.1) is 0 Å². The number of hydrogen-bond acceptors (Lipinski definition) is 5. The second-order valence-electron chi connectivity index (χ2n) is 7.44. The minimum atomic E-state index is -1.06. The first-order chi connectivity index (χ1) is 13.4. The molecule has 0 spiro atoms. The van der Waals surface area contributed by atoms with Gasteiger partial charge in [-0.3, -0.25) is 0 Å². The first-order valence-corrected chi connectivity index (χ1v) is 11.1. The predicted octanol–water partition coefficient (Wildman–Crippen LogP) is 5.94. The number of rotatable bonds is 5. The van der Waals surface area contributed by atoms with E-state index in [9.17, 15) is 4.79 Å². The highest BCUT2D eigenvalue weighted by atomic mass is 79.9. The van der Waals surface area contributed by atoms with E-state index in [1.54, 1.807) is 32.1 Å². The molecule has 0 amide bonds. The third-order valence-electron chi connectivity index (χ3n) is 4.91. The minimum absolute atomic E-state index is 0.326. The van der Waals surface area contributed by atoms with Gasteiger partial charge in [0.1, 0.15) is 10.8 Å². The van der Waals surface area contributed by atoms with E-state index in [-0.39, 0.29) is 5.97 Å². The quantitative estimate of drug-likeness (QED) is 0.443. The number of carbonyl (C=O) groups excluding carboxylic acids is 1. The average molecular weight is 460 g/mol. The lowest BCUT2D eigenvalue weighted by atomic mass is 10.1. The van der Waals surface area contributed by atoms with Gasteiger partial charge >= 0.3 is 5.97 Å². The fourth-order valence-corrected chi connectivity index (χ4v) is 4.92. The van der Waals surface area contributed by atoms with E-state index in [2.05, 4.69) is 28.1 Å². The highest BCUT2D eigenvalue weighted by molar-refractivity contribution is 9.10. The maximum atomic E-state index is 12.1. The Morgan fingerprint density at radius 2 is 1.96 bits per heavy atom. The number of aromatic nitrogens is 1. The van der Waals surface area contributed by atoms with Crippen molar-refractivity contribution in [3.05, 3.63) is 45.9 Å². The van der Waals surface area contributed by atoms with Gasteiger partial charge in [0.15, 0.2) is 5.60 Å². The molecule has 0 fully saturated rings. The average Bonchev–Trinajstić information content (AvgIpc) is 3.27. The second-order valence-corrected chi connectivity index (χ2v) is 9.32. The third kappa shape index (κ3) is 3.67. The molecule has 0 N–H and O–H groups in total.